The molecule has 2 atom stereocenters. The minimum absolute atomic E-state index is 0.233. The van der Waals surface area contributed by atoms with Crippen molar-refractivity contribution in [3.63, 3.8) is 0 Å². The molecule has 0 aliphatic heterocycles. The Hall–Kier alpha value is -0.860. The summed E-state index contributed by atoms with van der Waals surface area (Å²) in [6.07, 6.45) is 3.84. The van der Waals surface area contributed by atoms with Gasteiger partial charge in [-0.15, -0.1) is 0 Å². The van der Waals surface area contributed by atoms with Crippen LogP contribution in [0, 0.1) is 5.41 Å². The van der Waals surface area contributed by atoms with E-state index in [0.717, 1.165) is 31.2 Å². The van der Waals surface area contributed by atoms with Crippen molar-refractivity contribution < 1.29 is 5.11 Å². The summed E-state index contributed by atoms with van der Waals surface area (Å²) < 4.78 is 0. The first-order valence-electron chi connectivity index (χ1n) is 6.58. The molecule has 1 aromatic carbocycles. The van der Waals surface area contributed by atoms with Crippen molar-refractivity contribution >= 4 is 0 Å². The van der Waals surface area contributed by atoms with E-state index < -0.39 is 5.60 Å². The van der Waals surface area contributed by atoms with Crippen LogP contribution in [-0.4, -0.2) is 11.7 Å². The molecule has 1 aliphatic rings. The van der Waals surface area contributed by atoms with E-state index in [9.17, 15) is 5.11 Å². The lowest BCUT2D eigenvalue weighted by atomic mass is 9.62. The van der Waals surface area contributed by atoms with Crippen LogP contribution in [0.3, 0.4) is 0 Å². The largest absolute Gasteiger partial charge is 0.385 e. The van der Waals surface area contributed by atoms with Gasteiger partial charge in [0.1, 0.15) is 0 Å². The normalized spacial score (nSPS) is 27.3. The van der Waals surface area contributed by atoms with Crippen molar-refractivity contribution in [3.05, 3.63) is 35.4 Å². The molecular weight excluding hydrogens is 210 g/mol. The molecule has 0 fully saturated rings. The van der Waals surface area contributed by atoms with Crippen LogP contribution in [-0.2, 0) is 12.0 Å². The molecule has 0 heterocycles. The highest BCUT2D eigenvalue weighted by molar-refractivity contribution is 5.36. The third-order valence-corrected chi connectivity index (χ3v) is 4.68. The number of hydrogen-bond donors (Lipinski definition) is 2. The van der Waals surface area contributed by atoms with Crippen molar-refractivity contribution in [2.75, 3.05) is 6.54 Å². The molecule has 1 aromatic rings. The van der Waals surface area contributed by atoms with Crippen LogP contribution in [0.4, 0.5) is 0 Å². The average molecular weight is 233 g/mol. The number of rotatable bonds is 3. The fourth-order valence-corrected chi connectivity index (χ4v) is 3.04. The zero-order valence-corrected chi connectivity index (χ0v) is 10.9. The van der Waals surface area contributed by atoms with E-state index in [1.807, 2.05) is 6.07 Å². The standard InChI is InChI=1S/C15H23NO/c1-3-14(2,11-16)15(17)10-6-8-12-7-4-5-9-13(12)15/h4-5,7,9,17H,3,6,8,10-11,16H2,1-2H3. The predicted octanol–water partition coefficient (Wildman–Crippen LogP) is 2.59. The van der Waals surface area contributed by atoms with Crippen LogP contribution in [0.2, 0.25) is 0 Å². The minimum atomic E-state index is -0.759. The van der Waals surface area contributed by atoms with E-state index in [1.54, 1.807) is 0 Å². The average Bonchev–Trinajstić information content (AvgIpc) is 2.38. The molecule has 0 amide bonds. The maximum atomic E-state index is 11.2. The fraction of sp³-hybridized carbons (Fsp3) is 0.600. The number of aliphatic hydroxyl groups is 1. The van der Waals surface area contributed by atoms with Gasteiger partial charge in [0.2, 0.25) is 0 Å². The van der Waals surface area contributed by atoms with E-state index in [1.165, 1.54) is 5.56 Å². The van der Waals surface area contributed by atoms with Crippen molar-refractivity contribution in [1.82, 2.24) is 0 Å². The van der Waals surface area contributed by atoms with Gasteiger partial charge in [0, 0.05) is 12.0 Å². The Morgan fingerprint density at radius 2 is 2.12 bits per heavy atom. The first-order valence-corrected chi connectivity index (χ1v) is 6.58. The molecule has 1 aliphatic carbocycles. The summed E-state index contributed by atoms with van der Waals surface area (Å²) in [5.74, 6) is 0. The molecule has 3 N–H and O–H groups in total. The topological polar surface area (TPSA) is 46.2 Å². The van der Waals surface area contributed by atoms with Gasteiger partial charge in [-0.25, -0.2) is 0 Å². The lowest BCUT2D eigenvalue weighted by molar-refractivity contribution is -0.0932. The zero-order chi connectivity index (χ0) is 12.5. The lowest BCUT2D eigenvalue weighted by Gasteiger charge is -2.47. The number of hydrogen-bond acceptors (Lipinski definition) is 2. The van der Waals surface area contributed by atoms with Gasteiger partial charge < -0.3 is 10.8 Å². The predicted molar refractivity (Wildman–Crippen MR) is 70.7 cm³/mol. The van der Waals surface area contributed by atoms with Crippen LogP contribution in [0.1, 0.15) is 44.2 Å². The molecule has 0 radical (unpaired) electrons. The molecule has 0 saturated carbocycles. The third-order valence-electron chi connectivity index (χ3n) is 4.68. The Balaban J connectivity index is 2.53. The highest BCUT2D eigenvalue weighted by Gasteiger charge is 2.47. The summed E-state index contributed by atoms with van der Waals surface area (Å²) in [6.45, 7) is 4.74. The molecule has 0 aromatic heterocycles. The van der Waals surface area contributed by atoms with Crippen LogP contribution in [0.5, 0.6) is 0 Å². The smallest absolute Gasteiger partial charge is 0.0964 e. The van der Waals surface area contributed by atoms with Gasteiger partial charge in [-0.1, -0.05) is 38.1 Å². The molecule has 2 rings (SSSR count). The van der Waals surface area contributed by atoms with Crippen LogP contribution >= 0.6 is 0 Å². The summed E-state index contributed by atoms with van der Waals surface area (Å²) in [4.78, 5) is 0. The molecule has 2 nitrogen and oxygen atoms in total. The van der Waals surface area contributed by atoms with Crippen molar-refractivity contribution in [1.29, 1.82) is 0 Å². The molecule has 0 saturated heterocycles. The van der Waals surface area contributed by atoms with Crippen molar-refractivity contribution in [2.45, 2.75) is 45.1 Å². The second-order valence-electron chi connectivity index (χ2n) is 5.49. The van der Waals surface area contributed by atoms with Gasteiger partial charge >= 0.3 is 0 Å². The second-order valence-corrected chi connectivity index (χ2v) is 5.49. The first-order chi connectivity index (χ1) is 8.07. The Morgan fingerprint density at radius 3 is 2.76 bits per heavy atom. The van der Waals surface area contributed by atoms with Crippen molar-refractivity contribution in [2.24, 2.45) is 11.1 Å². The molecule has 2 heteroatoms. The Labute approximate surface area is 104 Å². The zero-order valence-electron chi connectivity index (χ0n) is 10.9. The van der Waals surface area contributed by atoms with Gasteiger partial charge in [0.05, 0.1) is 5.60 Å². The summed E-state index contributed by atoms with van der Waals surface area (Å²) in [6, 6.07) is 8.27. The summed E-state index contributed by atoms with van der Waals surface area (Å²) >= 11 is 0. The summed E-state index contributed by atoms with van der Waals surface area (Å²) in [5, 5.41) is 11.2. The Bertz CT molecular complexity index is 398. The van der Waals surface area contributed by atoms with E-state index in [-0.39, 0.29) is 5.41 Å². The monoisotopic (exact) mass is 233 g/mol. The molecule has 94 valence electrons. The quantitative estimate of drug-likeness (QED) is 0.843. The second kappa shape index (κ2) is 4.43. The van der Waals surface area contributed by atoms with Crippen molar-refractivity contribution in [3.8, 4) is 0 Å². The van der Waals surface area contributed by atoms with E-state index in [2.05, 4.69) is 32.0 Å². The molecule has 0 spiro atoms. The Kier molecular flexibility index (Phi) is 3.28. The van der Waals surface area contributed by atoms with Gasteiger partial charge in [-0.05, 0) is 36.8 Å². The number of aryl methyl sites for hydroxylation is 1. The molecule has 0 bridgehead atoms. The summed E-state index contributed by atoms with van der Waals surface area (Å²) in [5.41, 5.74) is 7.32. The van der Waals surface area contributed by atoms with Crippen LogP contribution in [0.15, 0.2) is 24.3 Å². The highest BCUT2D eigenvalue weighted by Crippen LogP contribution is 2.48. The third kappa shape index (κ3) is 1.80. The molecule has 2 unspecified atom stereocenters. The maximum Gasteiger partial charge on any atom is 0.0964 e. The van der Waals surface area contributed by atoms with Gasteiger partial charge in [-0.3, -0.25) is 0 Å². The summed E-state index contributed by atoms with van der Waals surface area (Å²) in [7, 11) is 0. The maximum absolute atomic E-state index is 11.2. The van der Waals surface area contributed by atoms with E-state index >= 15 is 0 Å². The van der Waals surface area contributed by atoms with Gasteiger partial charge in [0.15, 0.2) is 0 Å². The van der Waals surface area contributed by atoms with Crippen LogP contribution < -0.4 is 5.73 Å². The molecular formula is C15H23NO. The van der Waals surface area contributed by atoms with E-state index in [4.69, 9.17) is 5.73 Å². The van der Waals surface area contributed by atoms with Gasteiger partial charge in [0.25, 0.3) is 0 Å². The van der Waals surface area contributed by atoms with E-state index in [0.29, 0.717) is 6.54 Å². The Morgan fingerprint density at radius 1 is 1.41 bits per heavy atom. The van der Waals surface area contributed by atoms with Gasteiger partial charge in [-0.2, -0.15) is 0 Å². The van der Waals surface area contributed by atoms with Crippen LogP contribution in [0.25, 0.3) is 0 Å². The SMILES string of the molecule is CCC(C)(CN)C1(O)CCCc2ccccc21. The number of benzene rings is 1. The number of nitrogens with two attached hydrogens (primary N) is 1. The minimum Gasteiger partial charge on any atom is -0.385 e. The highest BCUT2D eigenvalue weighted by atomic mass is 16.3. The first kappa shape index (κ1) is 12.6. The number of fused-ring (bicyclic) bond motifs is 1. The lowest BCUT2D eigenvalue weighted by Crippen LogP contribution is -2.50. The molecule has 17 heavy (non-hydrogen) atoms. The fourth-order valence-electron chi connectivity index (χ4n) is 3.04.